The van der Waals surface area contributed by atoms with Crippen LogP contribution in [0.2, 0.25) is 0 Å². The van der Waals surface area contributed by atoms with E-state index in [1.165, 1.54) is 18.4 Å². The van der Waals surface area contributed by atoms with Crippen molar-refractivity contribution in [2.45, 2.75) is 25.4 Å². The molecule has 0 unspecified atom stereocenters. The first-order valence-corrected chi connectivity index (χ1v) is 6.71. The molecule has 0 atom stereocenters. The van der Waals surface area contributed by atoms with Crippen molar-refractivity contribution in [2.75, 3.05) is 20.1 Å². The molecule has 1 heterocycles. The van der Waals surface area contributed by atoms with Gasteiger partial charge in [-0.05, 0) is 50.7 Å². The summed E-state index contributed by atoms with van der Waals surface area (Å²) in [4.78, 5) is 13.7. The molecule has 0 aromatic heterocycles. The number of piperidine rings is 1. The summed E-state index contributed by atoms with van der Waals surface area (Å²) in [7, 11) is 2.16. The van der Waals surface area contributed by atoms with Crippen molar-refractivity contribution in [1.29, 1.82) is 0 Å². The van der Waals surface area contributed by atoms with E-state index >= 15 is 0 Å². The Kier molecular flexibility index (Phi) is 4.90. The summed E-state index contributed by atoms with van der Waals surface area (Å²) in [5.74, 6) is 4.86. The van der Waals surface area contributed by atoms with Crippen LogP contribution < -0.4 is 16.6 Å². The van der Waals surface area contributed by atoms with Crippen LogP contribution >= 0.6 is 0 Å². The summed E-state index contributed by atoms with van der Waals surface area (Å²) in [6, 6.07) is 8.25. The van der Waals surface area contributed by atoms with Crippen LogP contribution in [0, 0.1) is 0 Å². The largest absolute Gasteiger partial charge is 0.317 e. The summed E-state index contributed by atoms with van der Waals surface area (Å²) in [5, 5.41) is 3.38. The molecule has 19 heavy (non-hydrogen) atoms. The van der Waals surface area contributed by atoms with Crippen molar-refractivity contribution in [1.82, 2.24) is 15.6 Å². The molecule has 104 valence electrons. The molecule has 1 amide bonds. The van der Waals surface area contributed by atoms with Crippen LogP contribution in [0.4, 0.5) is 0 Å². The van der Waals surface area contributed by atoms with Crippen molar-refractivity contribution in [2.24, 2.45) is 5.84 Å². The maximum atomic E-state index is 11.3. The Morgan fingerprint density at radius 2 is 2.00 bits per heavy atom. The number of nitrogens with one attached hydrogen (secondary N) is 2. The van der Waals surface area contributed by atoms with Crippen molar-refractivity contribution < 1.29 is 4.79 Å². The van der Waals surface area contributed by atoms with Gasteiger partial charge in [0.1, 0.15) is 0 Å². The second-order valence-electron chi connectivity index (χ2n) is 5.07. The van der Waals surface area contributed by atoms with E-state index in [1.54, 1.807) is 0 Å². The van der Waals surface area contributed by atoms with E-state index in [9.17, 15) is 4.79 Å². The molecule has 0 aliphatic carbocycles. The first-order valence-electron chi connectivity index (χ1n) is 6.71. The van der Waals surface area contributed by atoms with Crippen LogP contribution in [0.5, 0.6) is 0 Å². The molecule has 1 aliphatic heterocycles. The highest BCUT2D eigenvalue weighted by atomic mass is 16.2. The van der Waals surface area contributed by atoms with Gasteiger partial charge >= 0.3 is 0 Å². The first-order chi connectivity index (χ1) is 9.20. The van der Waals surface area contributed by atoms with Crippen LogP contribution in [0.25, 0.3) is 0 Å². The van der Waals surface area contributed by atoms with Crippen LogP contribution in [0.15, 0.2) is 24.3 Å². The second kappa shape index (κ2) is 6.65. The minimum Gasteiger partial charge on any atom is -0.317 e. The number of hydrazine groups is 1. The SMILES string of the molecule is CN(Cc1ccc(C(=O)NN)cc1)C1CCNCC1. The summed E-state index contributed by atoms with van der Waals surface area (Å²) in [6.07, 6.45) is 2.40. The molecular weight excluding hydrogens is 240 g/mol. The van der Waals surface area contributed by atoms with E-state index in [1.807, 2.05) is 24.3 Å². The molecule has 5 nitrogen and oxygen atoms in total. The monoisotopic (exact) mass is 262 g/mol. The average molecular weight is 262 g/mol. The van der Waals surface area contributed by atoms with Crippen molar-refractivity contribution in [3.8, 4) is 0 Å². The number of nitrogens with two attached hydrogens (primary N) is 1. The molecule has 2 rings (SSSR count). The maximum Gasteiger partial charge on any atom is 0.265 e. The quantitative estimate of drug-likeness (QED) is 0.419. The molecule has 1 fully saturated rings. The number of nitrogen functional groups attached to an aromatic ring is 1. The molecule has 1 aromatic rings. The minimum atomic E-state index is -0.252. The topological polar surface area (TPSA) is 70.4 Å². The molecule has 0 saturated carbocycles. The fourth-order valence-corrected chi connectivity index (χ4v) is 2.51. The van der Waals surface area contributed by atoms with Gasteiger partial charge in [0.15, 0.2) is 0 Å². The first kappa shape index (κ1) is 14.0. The zero-order valence-electron chi connectivity index (χ0n) is 11.4. The average Bonchev–Trinajstić information content (AvgIpc) is 2.48. The minimum absolute atomic E-state index is 0.252. The summed E-state index contributed by atoms with van der Waals surface area (Å²) < 4.78 is 0. The third-order valence-corrected chi connectivity index (χ3v) is 3.71. The maximum absolute atomic E-state index is 11.3. The third kappa shape index (κ3) is 3.76. The van der Waals surface area contributed by atoms with Crippen molar-refractivity contribution >= 4 is 5.91 Å². The molecule has 1 saturated heterocycles. The Morgan fingerprint density at radius 3 is 2.58 bits per heavy atom. The van der Waals surface area contributed by atoms with Gasteiger partial charge in [0.05, 0.1) is 0 Å². The van der Waals surface area contributed by atoms with Crippen LogP contribution in [-0.2, 0) is 6.54 Å². The molecule has 1 aliphatic rings. The Labute approximate surface area is 114 Å². The number of amides is 1. The highest BCUT2D eigenvalue weighted by Gasteiger charge is 2.17. The Hall–Kier alpha value is -1.43. The zero-order valence-corrected chi connectivity index (χ0v) is 11.4. The van der Waals surface area contributed by atoms with Gasteiger partial charge < -0.3 is 5.32 Å². The number of hydrogen-bond acceptors (Lipinski definition) is 4. The predicted octanol–water partition coefficient (Wildman–Crippen LogP) is 0.474. The molecular formula is C14H22N4O. The number of nitrogens with zero attached hydrogens (tertiary/aromatic N) is 1. The summed E-state index contributed by atoms with van der Waals surface area (Å²) in [6.45, 7) is 3.12. The lowest BCUT2D eigenvalue weighted by molar-refractivity contribution is 0.0953. The van der Waals surface area contributed by atoms with Gasteiger partial charge in [0.2, 0.25) is 0 Å². The van der Waals surface area contributed by atoms with E-state index in [2.05, 4.69) is 22.7 Å². The fraction of sp³-hybridized carbons (Fsp3) is 0.500. The normalized spacial score (nSPS) is 16.6. The van der Waals surface area contributed by atoms with Crippen LogP contribution in [-0.4, -0.2) is 37.0 Å². The van der Waals surface area contributed by atoms with Gasteiger partial charge in [-0.1, -0.05) is 12.1 Å². The smallest absolute Gasteiger partial charge is 0.265 e. The Balaban J connectivity index is 1.93. The van der Waals surface area contributed by atoms with E-state index in [0.717, 1.165) is 19.6 Å². The lowest BCUT2D eigenvalue weighted by Gasteiger charge is -2.31. The number of carbonyl (C=O) groups is 1. The number of benzene rings is 1. The van der Waals surface area contributed by atoms with E-state index in [4.69, 9.17) is 5.84 Å². The molecule has 0 radical (unpaired) electrons. The van der Waals surface area contributed by atoms with Crippen LogP contribution in [0.1, 0.15) is 28.8 Å². The molecule has 1 aromatic carbocycles. The molecule has 0 spiro atoms. The van der Waals surface area contributed by atoms with E-state index in [0.29, 0.717) is 11.6 Å². The summed E-state index contributed by atoms with van der Waals surface area (Å²) >= 11 is 0. The van der Waals surface area contributed by atoms with Gasteiger partial charge in [-0.15, -0.1) is 0 Å². The number of rotatable bonds is 4. The Morgan fingerprint density at radius 1 is 1.37 bits per heavy atom. The second-order valence-corrected chi connectivity index (χ2v) is 5.07. The van der Waals surface area contributed by atoms with Crippen LogP contribution in [0.3, 0.4) is 0 Å². The third-order valence-electron chi connectivity index (χ3n) is 3.71. The van der Waals surface area contributed by atoms with Crippen molar-refractivity contribution in [3.05, 3.63) is 35.4 Å². The summed E-state index contributed by atoms with van der Waals surface area (Å²) in [5.41, 5.74) is 3.95. The van der Waals surface area contributed by atoms with Gasteiger partial charge in [-0.25, -0.2) is 5.84 Å². The van der Waals surface area contributed by atoms with Gasteiger partial charge in [-0.3, -0.25) is 15.1 Å². The van der Waals surface area contributed by atoms with Gasteiger partial charge in [0, 0.05) is 18.2 Å². The molecule has 4 N–H and O–H groups in total. The highest BCUT2D eigenvalue weighted by molar-refractivity contribution is 5.93. The number of hydrogen-bond donors (Lipinski definition) is 3. The van der Waals surface area contributed by atoms with Crippen molar-refractivity contribution in [3.63, 3.8) is 0 Å². The van der Waals surface area contributed by atoms with Gasteiger partial charge in [0.25, 0.3) is 5.91 Å². The lowest BCUT2D eigenvalue weighted by atomic mass is 10.0. The standard InChI is InChI=1S/C14H22N4O/c1-18(13-6-8-16-9-7-13)10-11-2-4-12(5-3-11)14(19)17-15/h2-5,13,16H,6-10,15H2,1H3,(H,17,19). The molecule has 5 heteroatoms. The highest BCUT2D eigenvalue weighted by Crippen LogP contribution is 2.14. The van der Waals surface area contributed by atoms with E-state index in [-0.39, 0.29) is 5.91 Å². The number of carbonyl (C=O) groups excluding carboxylic acids is 1. The predicted molar refractivity (Wildman–Crippen MR) is 75.5 cm³/mol. The van der Waals surface area contributed by atoms with E-state index < -0.39 is 0 Å². The zero-order chi connectivity index (χ0) is 13.7. The molecule has 0 bridgehead atoms. The lowest BCUT2D eigenvalue weighted by Crippen LogP contribution is -2.40. The Bertz CT molecular complexity index is 412. The fourth-order valence-electron chi connectivity index (χ4n) is 2.51. The van der Waals surface area contributed by atoms with Gasteiger partial charge in [-0.2, -0.15) is 0 Å².